The van der Waals surface area contributed by atoms with E-state index in [4.69, 9.17) is 0 Å². The lowest BCUT2D eigenvalue weighted by Crippen LogP contribution is -2.47. The van der Waals surface area contributed by atoms with Crippen LogP contribution >= 0.6 is 0 Å². The molecular weight excluding hydrogens is 210 g/mol. The van der Waals surface area contributed by atoms with Crippen LogP contribution in [0.15, 0.2) is 0 Å². The number of hydrogen-bond donors (Lipinski definition) is 0. The van der Waals surface area contributed by atoms with E-state index >= 15 is 0 Å². The Bertz CT molecular complexity index is 283. The first-order valence-electron chi connectivity index (χ1n) is 7.65. The van der Waals surface area contributed by atoms with Crippen LogP contribution in [0.25, 0.3) is 0 Å². The molecule has 2 aliphatic carbocycles. The van der Waals surface area contributed by atoms with Crippen LogP contribution in [0.1, 0.15) is 64.2 Å². The largest absolute Gasteiger partial charge is 0.298 e. The number of ketones is 1. The van der Waals surface area contributed by atoms with E-state index in [1.165, 1.54) is 51.5 Å². The van der Waals surface area contributed by atoms with Gasteiger partial charge in [0.05, 0.1) is 6.04 Å². The molecule has 0 amide bonds. The molecule has 1 aliphatic heterocycles. The molecule has 0 radical (unpaired) electrons. The van der Waals surface area contributed by atoms with E-state index in [0.717, 1.165) is 31.2 Å². The van der Waals surface area contributed by atoms with Crippen LogP contribution in [0.5, 0.6) is 0 Å². The van der Waals surface area contributed by atoms with Crippen molar-refractivity contribution in [3.8, 4) is 0 Å². The molecule has 17 heavy (non-hydrogen) atoms. The summed E-state index contributed by atoms with van der Waals surface area (Å²) in [5.41, 5.74) is 0. The van der Waals surface area contributed by atoms with Crippen molar-refractivity contribution < 1.29 is 4.79 Å². The Morgan fingerprint density at radius 1 is 0.882 bits per heavy atom. The highest BCUT2D eigenvalue weighted by molar-refractivity contribution is 5.84. The number of carbonyl (C=O) groups is 1. The summed E-state index contributed by atoms with van der Waals surface area (Å²) in [4.78, 5) is 14.7. The van der Waals surface area contributed by atoms with Gasteiger partial charge in [0.15, 0.2) is 0 Å². The molecule has 2 heteroatoms. The summed E-state index contributed by atoms with van der Waals surface area (Å²) in [5.74, 6) is 1.45. The fourth-order valence-electron chi connectivity index (χ4n) is 4.37. The monoisotopic (exact) mass is 235 g/mol. The van der Waals surface area contributed by atoms with Gasteiger partial charge in [0.25, 0.3) is 0 Å². The van der Waals surface area contributed by atoms with Crippen molar-refractivity contribution >= 4 is 5.78 Å². The van der Waals surface area contributed by atoms with Gasteiger partial charge in [-0.2, -0.15) is 0 Å². The molecule has 0 bridgehead atoms. The summed E-state index contributed by atoms with van der Waals surface area (Å²) in [7, 11) is 0. The Morgan fingerprint density at radius 3 is 2.41 bits per heavy atom. The van der Waals surface area contributed by atoms with Crippen molar-refractivity contribution in [2.75, 3.05) is 6.54 Å². The first-order chi connectivity index (χ1) is 8.36. The van der Waals surface area contributed by atoms with Crippen molar-refractivity contribution in [2.24, 2.45) is 5.92 Å². The lowest BCUT2D eigenvalue weighted by molar-refractivity contribution is -0.127. The minimum atomic E-state index is 0.303. The predicted octanol–water partition coefficient (Wildman–Crippen LogP) is 3.15. The third-order valence-corrected chi connectivity index (χ3v) is 5.21. The molecule has 96 valence electrons. The Morgan fingerprint density at radius 2 is 1.65 bits per heavy atom. The SMILES string of the molecule is O=C1CCCCC1N1CCCC1C1CCCC1. The van der Waals surface area contributed by atoms with Crippen molar-refractivity contribution in [2.45, 2.75) is 76.3 Å². The van der Waals surface area contributed by atoms with Gasteiger partial charge in [0, 0.05) is 12.5 Å². The number of carbonyl (C=O) groups excluding carboxylic acids is 1. The minimum absolute atomic E-state index is 0.303. The van der Waals surface area contributed by atoms with Crippen LogP contribution in [0, 0.1) is 5.92 Å². The van der Waals surface area contributed by atoms with Crippen LogP contribution in [-0.4, -0.2) is 29.3 Å². The summed E-state index contributed by atoms with van der Waals surface area (Å²) in [6, 6.07) is 1.06. The summed E-state index contributed by atoms with van der Waals surface area (Å²) in [5, 5.41) is 0. The molecule has 0 aromatic carbocycles. The van der Waals surface area contributed by atoms with Crippen LogP contribution in [0.3, 0.4) is 0 Å². The van der Waals surface area contributed by atoms with Crippen molar-refractivity contribution in [3.63, 3.8) is 0 Å². The van der Waals surface area contributed by atoms with E-state index in [2.05, 4.69) is 4.90 Å². The van der Waals surface area contributed by atoms with E-state index in [1.54, 1.807) is 0 Å². The van der Waals surface area contributed by atoms with Crippen LogP contribution in [-0.2, 0) is 4.79 Å². The van der Waals surface area contributed by atoms with E-state index in [-0.39, 0.29) is 0 Å². The maximum atomic E-state index is 12.1. The molecule has 0 N–H and O–H groups in total. The third kappa shape index (κ3) is 2.29. The van der Waals surface area contributed by atoms with E-state index < -0.39 is 0 Å². The van der Waals surface area contributed by atoms with Gasteiger partial charge < -0.3 is 0 Å². The van der Waals surface area contributed by atoms with Gasteiger partial charge in [-0.1, -0.05) is 19.3 Å². The maximum absolute atomic E-state index is 12.1. The van der Waals surface area contributed by atoms with Crippen LogP contribution in [0.4, 0.5) is 0 Å². The zero-order chi connectivity index (χ0) is 11.7. The topological polar surface area (TPSA) is 20.3 Å². The molecule has 2 saturated carbocycles. The Balaban J connectivity index is 1.69. The molecule has 2 unspecified atom stereocenters. The van der Waals surface area contributed by atoms with Crippen molar-refractivity contribution in [1.29, 1.82) is 0 Å². The van der Waals surface area contributed by atoms with Gasteiger partial charge in [-0.3, -0.25) is 9.69 Å². The molecule has 3 fully saturated rings. The minimum Gasteiger partial charge on any atom is -0.298 e. The summed E-state index contributed by atoms with van der Waals surface area (Å²) in [6.45, 7) is 1.19. The van der Waals surface area contributed by atoms with Gasteiger partial charge in [0.2, 0.25) is 0 Å². The lowest BCUT2D eigenvalue weighted by Gasteiger charge is -2.37. The van der Waals surface area contributed by atoms with Gasteiger partial charge in [-0.05, 0) is 51.0 Å². The van der Waals surface area contributed by atoms with Gasteiger partial charge in [-0.15, -0.1) is 0 Å². The lowest BCUT2D eigenvalue weighted by atomic mass is 9.89. The fourth-order valence-corrected chi connectivity index (χ4v) is 4.37. The summed E-state index contributed by atoms with van der Waals surface area (Å²) in [6.07, 6.45) is 12.8. The van der Waals surface area contributed by atoms with E-state index in [0.29, 0.717) is 11.8 Å². The molecule has 2 atom stereocenters. The predicted molar refractivity (Wildman–Crippen MR) is 68.9 cm³/mol. The zero-order valence-corrected chi connectivity index (χ0v) is 10.9. The van der Waals surface area contributed by atoms with E-state index in [1.807, 2.05) is 0 Å². The molecule has 1 heterocycles. The van der Waals surface area contributed by atoms with Crippen molar-refractivity contribution in [1.82, 2.24) is 4.90 Å². The molecule has 3 aliphatic rings. The number of Topliss-reactive ketones (excluding diaryl/α,β-unsaturated/α-hetero) is 1. The van der Waals surface area contributed by atoms with Crippen LogP contribution < -0.4 is 0 Å². The Hall–Kier alpha value is -0.370. The second-order valence-corrected chi connectivity index (χ2v) is 6.22. The van der Waals surface area contributed by atoms with Crippen LogP contribution in [0.2, 0.25) is 0 Å². The molecule has 1 saturated heterocycles. The number of nitrogens with zero attached hydrogens (tertiary/aromatic N) is 1. The number of likely N-dealkylation sites (tertiary alicyclic amines) is 1. The molecule has 3 rings (SSSR count). The number of rotatable bonds is 2. The highest BCUT2D eigenvalue weighted by atomic mass is 16.1. The molecular formula is C15H25NO. The first-order valence-corrected chi connectivity index (χ1v) is 7.65. The Kier molecular flexibility index (Phi) is 3.51. The average molecular weight is 235 g/mol. The van der Waals surface area contributed by atoms with Crippen molar-refractivity contribution in [3.05, 3.63) is 0 Å². The smallest absolute Gasteiger partial charge is 0.149 e. The fraction of sp³-hybridized carbons (Fsp3) is 0.933. The normalized spacial score (nSPS) is 36.8. The Labute approximate surface area is 105 Å². The number of hydrogen-bond acceptors (Lipinski definition) is 2. The van der Waals surface area contributed by atoms with Gasteiger partial charge in [0.1, 0.15) is 5.78 Å². The summed E-state index contributed by atoms with van der Waals surface area (Å²) < 4.78 is 0. The third-order valence-electron chi connectivity index (χ3n) is 5.21. The summed E-state index contributed by atoms with van der Waals surface area (Å²) >= 11 is 0. The first kappa shape index (κ1) is 11.7. The molecule has 0 aromatic rings. The zero-order valence-electron chi connectivity index (χ0n) is 10.9. The highest BCUT2D eigenvalue weighted by Gasteiger charge is 2.39. The standard InChI is InChI=1S/C15H25NO/c17-15-10-4-3-8-14(15)16-11-5-9-13(16)12-6-1-2-7-12/h12-14H,1-11H2. The second kappa shape index (κ2) is 5.09. The van der Waals surface area contributed by atoms with Gasteiger partial charge in [-0.25, -0.2) is 0 Å². The average Bonchev–Trinajstić information content (AvgIpc) is 3.00. The van der Waals surface area contributed by atoms with E-state index in [9.17, 15) is 4.79 Å². The molecule has 0 spiro atoms. The molecule has 2 nitrogen and oxygen atoms in total. The van der Waals surface area contributed by atoms with Gasteiger partial charge >= 0.3 is 0 Å². The maximum Gasteiger partial charge on any atom is 0.149 e. The quantitative estimate of drug-likeness (QED) is 0.733. The second-order valence-electron chi connectivity index (χ2n) is 6.22. The molecule has 0 aromatic heterocycles. The highest BCUT2D eigenvalue weighted by Crippen LogP contribution is 2.37.